The third kappa shape index (κ3) is 7.87. The Morgan fingerprint density at radius 3 is 2.44 bits per heavy atom. The molecule has 0 bridgehead atoms. The van der Waals surface area contributed by atoms with Crippen LogP contribution in [0.25, 0.3) is 0 Å². The number of ether oxygens (including phenoxy) is 1. The average molecular weight is 153 g/mol. The van der Waals surface area contributed by atoms with E-state index in [2.05, 4.69) is 9.88 Å². The van der Waals surface area contributed by atoms with Gasteiger partial charge in [0.1, 0.15) is 0 Å². The van der Waals surface area contributed by atoms with Crippen LogP contribution in [0.1, 0.15) is 13.3 Å². The summed E-state index contributed by atoms with van der Waals surface area (Å²) < 4.78 is 25.0. The van der Waals surface area contributed by atoms with Crippen LogP contribution in [0.2, 0.25) is 0 Å². The van der Waals surface area contributed by atoms with Crippen molar-refractivity contribution >= 4 is 10.0 Å². The van der Waals surface area contributed by atoms with E-state index in [1.807, 2.05) is 6.92 Å². The van der Waals surface area contributed by atoms with Crippen LogP contribution in [0, 0.1) is 0 Å². The molecule has 9 heavy (non-hydrogen) atoms. The Balaban J connectivity index is 3.30. The standard InChI is InChI=1S/C4H11NO3S/c1-2-3-8-4-9(5,6)7/h2-4H2,1H3,(H2,5,6,7). The first-order valence-corrected chi connectivity index (χ1v) is 4.36. The van der Waals surface area contributed by atoms with Gasteiger partial charge in [-0.15, -0.1) is 0 Å². The molecule has 0 saturated carbocycles. The molecule has 0 aromatic heterocycles. The summed E-state index contributed by atoms with van der Waals surface area (Å²) in [4.78, 5) is 0. The van der Waals surface area contributed by atoms with E-state index in [9.17, 15) is 8.42 Å². The van der Waals surface area contributed by atoms with Gasteiger partial charge in [0.05, 0.1) is 0 Å². The van der Waals surface area contributed by atoms with Gasteiger partial charge >= 0.3 is 0 Å². The maximum atomic E-state index is 10.2. The second-order valence-electron chi connectivity index (χ2n) is 1.69. The molecular formula is C4H11NO3S. The zero-order valence-corrected chi connectivity index (χ0v) is 6.15. The normalized spacial score (nSPS) is 11.8. The Kier molecular flexibility index (Phi) is 3.76. The third-order valence-corrected chi connectivity index (χ3v) is 1.09. The molecule has 4 nitrogen and oxygen atoms in total. The Bertz CT molecular complexity index is 151. The van der Waals surface area contributed by atoms with Gasteiger partial charge in [0, 0.05) is 6.61 Å². The lowest BCUT2D eigenvalue weighted by molar-refractivity contribution is 0.177. The molecule has 0 atom stereocenters. The van der Waals surface area contributed by atoms with Crippen LogP contribution < -0.4 is 5.14 Å². The number of primary sulfonamides is 1. The first-order chi connectivity index (χ1) is 4.06. The van der Waals surface area contributed by atoms with Gasteiger partial charge in [0.25, 0.3) is 0 Å². The minimum absolute atomic E-state index is 0.374. The van der Waals surface area contributed by atoms with Crippen molar-refractivity contribution in [3.05, 3.63) is 0 Å². The zero-order chi connectivity index (χ0) is 7.33. The van der Waals surface area contributed by atoms with E-state index in [0.29, 0.717) is 6.61 Å². The summed E-state index contributed by atoms with van der Waals surface area (Å²) in [7, 11) is -3.42. The first-order valence-electron chi connectivity index (χ1n) is 2.64. The van der Waals surface area contributed by atoms with Crippen LogP contribution >= 0.6 is 0 Å². The predicted octanol–water partition coefficient (Wildman–Crippen LogP) is -0.341. The van der Waals surface area contributed by atoms with Crippen LogP contribution in [-0.2, 0) is 14.8 Å². The SMILES string of the molecule is CCCOCS(N)(=O)=O. The monoisotopic (exact) mass is 153 g/mol. The van der Waals surface area contributed by atoms with Crippen molar-refractivity contribution in [2.75, 3.05) is 12.5 Å². The van der Waals surface area contributed by atoms with Gasteiger partial charge in [0.15, 0.2) is 5.94 Å². The van der Waals surface area contributed by atoms with Crippen molar-refractivity contribution < 1.29 is 13.2 Å². The number of rotatable bonds is 4. The minimum Gasteiger partial charge on any atom is -0.364 e. The van der Waals surface area contributed by atoms with E-state index in [4.69, 9.17) is 0 Å². The summed E-state index contributed by atoms with van der Waals surface area (Å²) in [6.07, 6.45) is 0.801. The highest BCUT2D eigenvalue weighted by Gasteiger charge is 1.99. The van der Waals surface area contributed by atoms with Gasteiger partial charge in [-0.1, -0.05) is 6.92 Å². The fraction of sp³-hybridized carbons (Fsp3) is 1.00. The fourth-order valence-corrected chi connectivity index (χ4v) is 0.670. The van der Waals surface area contributed by atoms with E-state index >= 15 is 0 Å². The maximum absolute atomic E-state index is 10.2. The summed E-state index contributed by atoms with van der Waals surface area (Å²) in [6, 6.07) is 0. The van der Waals surface area contributed by atoms with Crippen LogP contribution in [0.3, 0.4) is 0 Å². The molecule has 0 aliphatic carbocycles. The van der Waals surface area contributed by atoms with E-state index in [0.717, 1.165) is 6.42 Å². The van der Waals surface area contributed by atoms with Crippen molar-refractivity contribution in [3.63, 3.8) is 0 Å². The lowest BCUT2D eigenvalue weighted by Crippen LogP contribution is -2.18. The molecule has 0 aromatic carbocycles. The summed E-state index contributed by atoms with van der Waals surface area (Å²) in [6.45, 7) is 2.33. The number of hydrogen-bond acceptors (Lipinski definition) is 3. The third-order valence-electron chi connectivity index (χ3n) is 0.596. The summed E-state index contributed by atoms with van der Waals surface area (Å²) >= 11 is 0. The van der Waals surface area contributed by atoms with E-state index in [1.54, 1.807) is 0 Å². The number of nitrogens with two attached hydrogens (primary N) is 1. The first kappa shape index (κ1) is 8.87. The van der Waals surface area contributed by atoms with Gasteiger partial charge in [-0.2, -0.15) is 0 Å². The molecule has 0 aliphatic heterocycles. The van der Waals surface area contributed by atoms with Crippen LogP contribution in [0.15, 0.2) is 0 Å². The van der Waals surface area contributed by atoms with E-state index < -0.39 is 10.0 Å². The average Bonchev–Trinajstić information content (AvgIpc) is 1.63. The Morgan fingerprint density at radius 1 is 1.56 bits per heavy atom. The maximum Gasteiger partial charge on any atom is 0.233 e. The topological polar surface area (TPSA) is 69.4 Å². The molecule has 0 radical (unpaired) electrons. The molecule has 0 saturated heterocycles. The molecule has 0 spiro atoms. The molecule has 0 amide bonds. The van der Waals surface area contributed by atoms with Crippen molar-refractivity contribution in [3.8, 4) is 0 Å². The van der Waals surface area contributed by atoms with Gasteiger partial charge in [-0.3, -0.25) is 0 Å². The van der Waals surface area contributed by atoms with E-state index in [-0.39, 0.29) is 5.94 Å². The molecule has 56 valence electrons. The van der Waals surface area contributed by atoms with Crippen molar-refractivity contribution in [2.24, 2.45) is 5.14 Å². The molecule has 0 aromatic rings. The van der Waals surface area contributed by atoms with Gasteiger partial charge in [-0.25, -0.2) is 13.6 Å². The van der Waals surface area contributed by atoms with Crippen LogP contribution in [-0.4, -0.2) is 21.0 Å². The summed E-state index contributed by atoms with van der Waals surface area (Å²) in [5.41, 5.74) is 0. The fourth-order valence-electron chi connectivity index (χ4n) is 0.319. The molecule has 0 fully saturated rings. The molecular weight excluding hydrogens is 142 g/mol. The van der Waals surface area contributed by atoms with Gasteiger partial charge in [0.2, 0.25) is 10.0 Å². The second-order valence-corrected chi connectivity index (χ2v) is 3.25. The Morgan fingerprint density at radius 2 is 2.11 bits per heavy atom. The second kappa shape index (κ2) is 3.81. The molecule has 0 rings (SSSR count). The largest absolute Gasteiger partial charge is 0.364 e. The summed E-state index contributed by atoms with van der Waals surface area (Å²) in [5, 5.41) is 4.62. The van der Waals surface area contributed by atoms with Crippen molar-refractivity contribution in [1.82, 2.24) is 0 Å². The van der Waals surface area contributed by atoms with Crippen LogP contribution in [0.4, 0.5) is 0 Å². The lowest BCUT2D eigenvalue weighted by atomic mass is 10.5. The molecule has 0 heterocycles. The molecule has 0 aliphatic rings. The number of sulfonamides is 1. The highest BCUT2D eigenvalue weighted by Crippen LogP contribution is 1.82. The molecule has 2 N–H and O–H groups in total. The highest BCUT2D eigenvalue weighted by molar-refractivity contribution is 7.88. The quantitative estimate of drug-likeness (QED) is 0.562. The smallest absolute Gasteiger partial charge is 0.233 e. The van der Waals surface area contributed by atoms with Crippen LogP contribution in [0.5, 0.6) is 0 Å². The Labute approximate surface area is 55.0 Å². The van der Waals surface area contributed by atoms with Gasteiger partial charge in [-0.05, 0) is 6.42 Å². The minimum atomic E-state index is -3.42. The molecule has 5 heteroatoms. The zero-order valence-electron chi connectivity index (χ0n) is 5.33. The molecule has 0 unspecified atom stereocenters. The van der Waals surface area contributed by atoms with Crippen molar-refractivity contribution in [1.29, 1.82) is 0 Å². The van der Waals surface area contributed by atoms with E-state index in [1.165, 1.54) is 0 Å². The predicted molar refractivity (Wildman–Crippen MR) is 34.2 cm³/mol. The van der Waals surface area contributed by atoms with Gasteiger partial charge < -0.3 is 4.74 Å². The van der Waals surface area contributed by atoms with Crippen molar-refractivity contribution in [2.45, 2.75) is 13.3 Å². The highest BCUT2D eigenvalue weighted by atomic mass is 32.2. The Hall–Kier alpha value is -0.130. The number of hydrogen-bond donors (Lipinski definition) is 1. The lowest BCUT2D eigenvalue weighted by Gasteiger charge is -1.97. The summed E-state index contributed by atoms with van der Waals surface area (Å²) in [5.74, 6) is -0.374.